The van der Waals surface area contributed by atoms with Gasteiger partial charge in [0.2, 0.25) is 0 Å². The number of benzene rings is 1. The summed E-state index contributed by atoms with van der Waals surface area (Å²) in [5.74, 6) is 0.259. The number of aromatic nitrogens is 1. The van der Waals surface area contributed by atoms with Crippen LogP contribution in [0.1, 0.15) is 29.8 Å². The molecule has 132 valence electrons. The van der Waals surface area contributed by atoms with Crippen molar-refractivity contribution in [2.24, 2.45) is 5.10 Å². The summed E-state index contributed by atoms with van der Waals surface area (Å²) in [6, 6.07) is 9.07. The first-order valence-electron chi connectivity index (χ1n) is 7.97. The predicted octanol–water partition coefficient (Wildman–Crippen LogP) is 3.35. The summed E-state index contributed by atoms with van der Waals surface area (Å²) in [4.78, 5) is 18.1. The van der Waals surface area contributed by atoms with Crippen LogP contribution in [0.4, 0.5) is 5.69 Å². The minimum Gasteiger partial charge on any atom is -0.496 e. The molecule has 0 saturated heterocycles. The van der Waals surface area contributed by atoms with E-state index in [9.17, 15) is 4.79 Å². The number of hydrogen-bond acceptors (Lipinski definition) is 5. The van der Waals surface area contributed by atoms with E-state index in [1.165, 1.54) is 12.4 Å². The van der Waals surface area contributed by atoms with Gasteiger partial charge in [0, 0.05) is 36.6 Å². The highest BCUT2D eigenvalue weighted by Gasteiger charge is 2.10. The third-order valence-electron chi connectivity index (χ3n) is 3.72. The largest absolute Gasteiger partial charge is 0.496 e. The molecule has 0 unspecified atom stereocenters. The maximum Gasteiger partial charge on any atom is 0.274 e. The molecule has 0 fully saturated rings. The van der Waals surface area contributed by atoms with E-state index >= 15 is 0 Å². The normalized spacial score (nSPS) is 10.7. The third kappa shape index (κ3) is 4.70. The molecule has 2 aromatic rings. The van der Waals surface area contributed by atoms with E-state index in [0.717, 1.165) is 24.3 Å². The molecule has 0 aliphatic rings. The first-order valence-corrected chi connectivity index (χ1v) is 8.35. The minimum atomic E-state index is -0.423. The van der Waals surface area contributed by atoms with E-state index in [-0.39, 0.29) is 10.7 Å². The Bertz CT molecular complexity index is 760. The lowest BCUT2D eigenvalue weighted by atomic mass is 10.2. The van der Waals surface area contributed by atoms with E-state index in [1.54, 1.807) is 19.2 Å². The first-order chi connectivity index (χ1) is 12.1. The zero-order valence-electron chi connectivity index (χ0n) is 14.5. The van der Waals surface area contributed by atoms with Gasteiger partial charge in [-0.1, -0.05) is 11.6 Å². The van der Waals surface area contributed by atoms with Crippen molar-refractivity contribution in [2.45, 2.75) is 13.8 Å². The number of carbonyl (C=O) groups excluding carboxylic acids is 1. The van der Waals surface area contributed by atoms with Crippen molar-refractivity contribution in [3.8, 4) is 5.75 Å². The highest BCUT2D eigenvalue weighted by Crippen LogP contribution is 2.24. The fourth-order valence-electron chi connectivity index (χ4n) is 2.37. The van der Waals surface area contributed by atoms with Gasteiger partial charge in [-0.05, 0) is 38.1 Å². The number of hydrogen-bond donors (Lipinski definition) is 1. The molecule has 1 amide bonds. The highest BCUT2D eigenvalue weighted by molar-refractivity contribution is 6.32. The van der Waals surface area contributed by atoms with Gasteiger partial charge in [-0.2, -0.15) is 5.10 Å². The second-order valence-corrected chi connectivity index (χ2v) is 5.50. The smallest absolute Gasteiger partial charge is 0.274 e. The number of halogens is 1. The Balaban J connectivity index is 2.12. The van der Waals surface area contributed by atoms with Gasteiger partial charge in [-0.15, -0.1) is 0 Å². The van der Waals surface area contributed by atoms with E-state index in [2.05, 4.69) is 34.3 Å². The molecule has 1 N–H and O–H groups in total. The number of nitrogens with one attached hydrogen (secondary N) is 1. The molecule has 6 nitrogen and oxygen atoms in total. The zero-order chi connectivity index (χ0) is 18.2. The lowest BCUT2D eigenvalue weighted by Crippen LogP contribution is -2.21. The topological polar surface area (TPSA) is 66.8 Å². The number of amides is 1. The quantitative estimate of drug-likeness (QED) is 0.467. The number of nitrogens with zero attached hydrogens (tertiary/aromatic N) is 3. The van der Waals surface area contributed by atoms with Gasteiger partial charge in [-0.3, -0.25) is 4.79 Å². The van der Waals surface area contributed by atoms with Crippen LogP contribution in [0.3, 0.4) is 0 Å². The van der Waals surface area contributed by atoms with Gasteiger partial charge in [0.05, 0.1) is 18.9 Å². The highest BCUT2D eigenvalue weighted by atomic mass is 35.5. The Morgan fingerprint density at radius 1 is 1.36 bits per heavy atom. The Kier molecular flexibility index (Phi) is 6.77. The summed E-state index contributed by atoms with van der Waals surface area (Å²) in [7, 11) is 1.60. The molecular weight excluding hydrogens is 340 g/mol. The first kappa shape index (κ1) is 18.7. The molecule has 0 bridgehead atoms. The monoisotopic (exact) mass is 360 g/mol. The molecule has 2 rings (SSSR count). The average molecular weight is 361 g/mol. The summed E-state index contributed by atoms with van der Waals surface area (Å²) >= 11 is 5.89. The van der Waals surface area contributed by atoms with Crippen LogP contribution in [0.25, 0.3) is 0 Å². The van der Waals surface area contributed by atoms with Crippen LogP contribution in [0, 0.1) is 0 Å². The van der Waals surface area contributed by atoms with Gasteiger partial charge in [0.25, 0.3) is 5.91 Å². The Morgan fingerprint density at radius 2 is 2.12 bits per heavy atom. The molecule has 0 spiro atoms. The standard InChI is InChI=1S/C18H21ClN4O2/c1-4-23(5-2)14-9-8-13(16(11-14)25-3)12-21-22-18(24)15-7-6-10-20-17(15)19/h6-12H,4-5H2,1-3H3,(H,22,24). The summed E-state index contributed by atoms with van der Waals surface area (Å²) in [6.07, 6.45) is 3.05. The average Bonchev–Trinajstić information content (AvgIpc) is 2.63. The molecule has 1 heterocycles. The van der Waals surface area contributed by atoms with Gasteiger partial charge >= 0.3 is 0 Å². The van der Waals surface area contributed by atoms with Crippen LogP contribution in [0.2, 0.25) is 5.15 Å². The number of carbonyl (C=O) groups is 1. The van der Waals surface area contributed by atoms with Crippen molar-refractivity contribution < 1.29 is 9.53 Å². The van der Waals surface area contributed by atoms with E-state index in [4.69, 9.17) is 16.3 Å². The van der Waals surface area contributed by atoms with E-state index < -0.39 is 5.91 Å². The van der Waals surface area contributed by atoms with Gasteiger partial charge in [-0.25, -0.2) is 10.4 Å². The molecule has 0 aliphatic carbocycles. The molecule has 0 saturated carbocycles. The minimum absolute atomic E-state index is 0.136. The third-order valence-corrected chi connectivity index (χ3v) is 4.02. The van der Waals surface area contributed by atoms with Crippen LogP contribution >= 0.6 is 11.6 Å². The summed E-state index contributed by atoms with van der Waals surface area (Å²) < 4.78 is 5.42. The fraction of sp³-hybridized carbons (Fsp3) is 0.278. The van der Waals surface area contributed by atoms with Crippen LogP contribution in [-0.2, 0) is 0 Å². The number of rotatable bonds is 7. The van der Waals surface area contributed by atoms with Crippen molar-refractivity contribution in [3.05, 3.63) is 52.8 Å². The van der Waals surface area contributed by atoms with Crippen LogP contribution < -0.4 is 15.1 Å². The molecule has 0 aliphatic heterocycles. The second kappa shape index (κ2) is 9.03. The van der Waals surface area contributed by atoms with Gasteiger partial charge in [0.15, 0.2) is 0 Å². The number of pyridine rings is 1. The Hall–Kier alpha value is -2.60. The zero-order valence-corrected chi connectivity index (χ0v) is 15.2. The van der Waals surface area contributed by atoms with Crippen molar-refractivity contribution in [2.75, 3.05) is 25.1 Å². The summed E-state index contributed by atoms with van der Waals surface area (Å²) in [5.41, 5.74) is 4.54. The van der Waals surface area contributed by atoms with E-state index in [1.807, 2.05) is 18.2 Å². The van der Waals surface area contributed by atoms with Gasteiger partial charge in [0.1, 0.15) is 10.9 Å². The lowest BCUT2D eigenvalue weighted by Gasteiger charge is -2.21. The molecule has 1 aromatic heterocycles. The van der Waals surface area contributed by atoms with Crippen molar-refractivity contribution in [1.82, 2.24) is 10.4 Å². The van der Waals surface area contributed by atoms with Crippen LogP contribution in [0.5, 0.6) is 5.75 Å². The van der Waals surface area contributed by atoms with Crippen molar-refractivity contribution in [1.29, 1.82) is 0 Å². The molecule has 0 radical (unpaired) electrons. The molecule has 0 atom stereocenters. The number of anilines is 1. The maximum absolute atomic E-state index is 12.0. The SMILES string of the molecule is CCN(CC)c1ccc(C=NNC(=O)c2cccnc2Cl)c(OC)c1. The van der Waals surface area contributed by atoms with Crippen LogP contribution in [-0.4, -0.2) is 37.3 Å². The maximum atomic E-state index is 12.0. The Morgan fingerprint density at radius 3 is 2.76 bits per heavy atom. The van der Waals surface area contributed by atoms with Crippen LogP contribution in [0.15, 0.2) is 41.6 Å². The van der Waals surface area contributed by atoms with Crippen molar-refractivity contribution in [3.63, 3.8) is 0 Å². The van der Waals surface area contributed by atoms with E-state index in [0.29, 0.717) is 5.75 Å². The molecule has 7 heteroatoms. The summed E-state index contributed by atoms with van der Waals surface area (Å²) in [6.45, 7) is 6.03. The van der Waals surface area contributed by atoms with Gasteiger partial charge < -0.3 is 9.64 Å². The molecular formula is C18H21ClN4O2. The predicted molar refractivity (Wildman–Crippen MR) is 101 cm³/mol. The summed E-state index contributed by atoms with van der Waals surface area (Å²) in [5, 5.41) is 4.11. The molecule has 1 aromatic carbocycles. The number of ether oxygens (including phenoxy) is 1. The van der Waals surface area contributed by atoms with Crippen molar-refractivity contribution >= 4 is 29.4 Å². The fourth-order valence-corrected chi connectivity index (χ4v) is 2.57. The second-order valence-electron chi connectivity index (χ2n) is 5.14. The number of hydrazone groups is 1. The molecule has 25 heavy (non-hydrogen) atoms. The Labute approximate surface area is 152 Å². The number of methoxy groups -OCH3 is 1. The lowest BCUT2D eigenvalue weighted by molar-refractivity contribution is 0.0955.